The second-order valence-corrected chi connectivity index (χ2v) is 5.71. The van der Waals surface area contributed by atoms with Crippen LogP contribution in [0.15, 0.2) is 53.0 Å². The van der Waals surface area contributed by atoms with Gasteiger partial charge < -0.3 is 10.1 Å². The second kappa shape index (κ2) is 7.34. The Hall–Kier alpha value is -1.48. The Bertz CT molecular complexity index is 539. The monoisotopic (exact) mass is 333 g/mol. The normalized spacial score (nSPS) is 11.9. The zero-order valence-corrected chi connectivity index (χ0v) is 13.5. The van der Waals surface area contributed by atoms with E-state index in [1.807, 2.05) is 24.3 Å². The maximum absolute atomic E-state index is 5.60. The highest BCUT2D eigenvalue weighted by atomic mass is 79.9. The number of ether oxygens (including phenoxy) is 1. The van der Waals surface area contributed by atoms with Crippen LogP contribution in [-0.2, 0) is 0 Å². The molecule has 1 atom stereocenters. The number of hydrogen-bond donors (Lipinski definition) is 1. The van der Waals surface area contributed by atoms with Crippen LogP contribution in [0.2, 0.25) is 0 Å². The standard InChI is InChI=1S/C17H20BrNO/c1-3-11-20-17-9-7-14(8-10-17)13(2)19-16-6-4-5-15(18)12-16/h4-10,12-13,19H,3,11H2,1-2H3. The molecule has 1 unspecified atom stereocenters. The molecule has 0 bridgehead atoms. The van der Waals surface area contributed by atoms with Gasteiger partial charge in [0.15, 0.2) is 0 Å². The van der Waals surface area contributed by atoms with Gasteiger partial charge in [-0.1, -0.05) is 41.1 Å². The van der Waals surface area contributed by atoms with Crippen LogP contribution in [0.1, 0.15) is 31.9 Å². The van der Waals surface area contributed by atoms with Crippen LogP contribution in [-0.4, -0.2) is 6.61 Å². The molecule has 1 N–H and O–H groups in total. The first kappa shape index (κ1) is 14.9. The minimum Gasteiger partial charge on any atom is -0.494 e. The molecule has 106 valence electrons. The minimum absolute atomic E-state index is 0.254. The van der Waals surface area contributed by atoms with Gasteiger partial charge in [0.1, 0.15) is 5.75 Å². The molecule has 3 heteroatoms. The highest BCUT2D eigenvalue weighted by molar-refractivity contribution is 9.10. The number of rotatable bonds is 6. The van der Waals surface area contributed by atoms with Crippen LogP contribution >= 0.6 is 15.9 Å². The zero-order chi connectivity index (χ0) is 14.4. The number of anilines is 1. The van der Waals surface area contributed by atoms with Gasteiger partial charge in [0.25, 0.3) is 0 Å². The Morgan fingerprint density at radius 1 is 1.15 bits per heavy atom. The van der Waals surface area contributed by atoms with Gasteiger partial charge >= 0.3 is 0 Å². The van der Waals surface area contributed by atoms with Crippen molar-refractivity contribution in [1.29, 1.82) is 0 Å². The smallest absolute Gasteiger partial charge is 0.119 e. The van der Waals surface area contributed by atoms with Crippen molar-refractivity contribution < 1.29 is 4.74 Å². The van der Waals surface area contributed by atoms with Gasteiger partial charge in [0.2, 0.25) is 0 Å². The van der Waals surface area contributed by atoms with Gasteiger partial charge in [-0.2, -0.15) is 0 Å². The van der Waals surface area contributed by atoms with E-state index in [-0.39, 0.29) is 6.04 Å². The molecule has 0 amide bonds. The third-order valence-corrected chi connectivity index (χ3v) is 3.55. The quantitative estimate of drug-likeness (QED) is 0.762. The third kappa shape index (κ3) is 4.27. The number of halogens is 1. The van der Waals surface area contributed by atoms with Crippen molar-refractivity contribution in [3.05, 3.63) is 58.6 Å². The van der Waals surface area contributed by atoms with Gasteiger partial charge in [0, 0.05) is 16.2 Å². The van der Waals surface area contributed by atoms with E-state index < -0.39 is 0 Å². The Labute approximate surface area is 129 Å². The Morgan fingerprint density at radius 3 is 2.55 bits per heavy atom. The van der Waals surface area contributed by atoms with Crippen LogP contribution in [0.25, 0.3) is 0 Å². The lowest BCUT2D eigenvalue weighted by Crippen LogP contribution is -2.06. The fraction of sp³-hybridized carbons (Fsp3) is 0.294. The molecular formula is C17H20BrNO. The van der Waals surface area contributed by atoms with Crippen molar-refractivity contribution >= 4 is 21.6 Å². The van der Waals surface area contributed by atoms with Gasteiger partial charge in [-0.15, -0.1) is 0 Å². The Balaban J connectivity index is 2.00. The first-order valence-corrected chi connectivity index (χ1v) is 7.73. The molecule has 0 aliphatic heterocycles. The van der Waals surface area contributed by atoms with E-state index >= 15 is 0 Å². The summed E-state index contributed by atoms with van der Waals surface area (Å²) in [6.45, 7) is 5.03. The maximum atomic E-state index is 5.60. The molecule has 2 aromatic rings. The fourth-order valence-corrected chi connectivity index (χ4v) is 2.38. The molecular weight excluding hydrogens is 314 g/mol. The summed E-state index contributed by atoms with van der Waals surface area (Å²) in [4.78, 5) is 0. The minimum atomic E-state index is 0.254. The fourth-order valence-electron chi connectivity index (χ4n) is 1.98. The van der Waals surface area contributed by atoms with E-state index in [0.717, 1.165) is 28.9 Å². The molecule has 0 aliphatic carbocycles. The van der Waals surface area contributed by atoms with E-state index in [1.54, 1.807) is 0 Å². The Morgan fingerprint density at radius 2 is 1.90 bits per heavy atom. The lowest BCUT2D eigenvalue weighted by Gasteiger charge is -2.16. The van der Waals surface area contributed by atoms with Crippen molar-refractivity contribution in [2.75, 3.05) is 11.9 Å². The number of benzene rings is 2. The summed E-state index contributed by atoms with van der Waals surface area (Å²) in [5.74, 6) is 0.935. The first-order chi connectivity index (χ1) is 9.69. The van der Waals surface area contributed by atoms with Crippen molar-refractivity contribution in [2.24, 2.45) is 0 Å². The number of hydrogen-bond acceptors (Lipinski definition) is 2. The van der Waals surface area contributed by atoms with Crippen molar-refractivity contribution in [2.45, 2.75) is 26.3 Å². The summed E-state index contributed by atoms with van der Waals surface area (Å²) in [6, 6.07) is 16.7. The van der Waals surface area contributed by atoms with Crippen molar-refractivity contribution in [1.82, 2.24) is 0 Å². The average molecular weight is 334 g/mol. The molecule has 0 radical (unpaired) electrons. The largest absolute Gasteiger partial charge is 0.494 e. The SMILES string of the molecule is CCCOc1ccc(C(C)Nc2cccc(Br)c2)cc1. The van der Waals surface area contributed by atoms with Gasteiger partial charge in [-0.25, -0.2) is 0 Å². The summed E-state index contributed by atoms with van der Waals surface area (Å²) in [7, 11) is 0. The predicted octanol–water partition coefficient (Wildman–Crippen LogP) is 5.41. The van der Waals surface area contributed by atoms with Crippen LogP contribution in [0.5, 0.6) is 5.75 Å². The Kier molecular flexibility index (Phi) is 5.48. The van der Waals surface area contributed by atoms with Crippen molar-refractivity contribution in [3.8, 4) is 5.75 Å². The second-order valence-electron chi connectivity index (χ2n) is 4.79. The average Bonchev–Trinajstić information content (AvgIpc) is 2.45. The molecule has 20 heavy (non-hydrogen) atoms. The summed E-state index contributed by atoms with van der Waals surface area (Å²) in [6.07, 6.45) is 1.03. The molecule has 0 aliphatic rings. The zero-order valence-electron chi connectivity index (χ0n) is 11.9. The third-order valence-electron chi connectivity index (χ3n) is 3.06. The molecule has 0 aromatic heterocycles. The summed E-state index contributed by atoms with van der Waals surface area (Å²) in [5.41, 5.74) is 2.35. The van der Waals surface area contributed by atoms with E-state index in [2.05, 4.69) is 59.4 Å². The summed E-state index contributed by atoms with van der Waals surface area (Å²) < 4.78 is 6.68. The van der Waals surface area contributed by atoms with Gasteiger partial charge in [-0.05, 0) is 49.2 Å². The van der Waals surface area contributed by atoms with Gasteiger partial charge in [-0.3, -0.25) is 0 Å². The molecule has 0 spiro atoms. The lowest BCUT2D eigenvalue weighted by molar-refractivity contribution is 0.317. The van der Waals surface area contributed by atoms with Crippen LogP contribution in [0.3, 0.4) is 0 Å². The lowest BCUT2D eigenvalue weighted by atomic mass is 10.1. The molecule has 0 saturated carbocycles. The highest BCUT2D eigenvalue weighted by Crippen LogP contribution is 2.23. The van der Waals surface area contributed by atoms with Crippen LogP contribution in [0, 0.1) is 0 Å². The van der Waals surface area contributed by atoms with Crippen molar-refractivity contribution in [3.63, 3.8) is 0 Å². The highest BCUT2D eigenvalue weighted by Gasteiger charge is 2.05. The van der Waals surface area contributed by atoms with E-state index in [0.29, 0.717) is 0 Å². The topological polar surface area (TPSA) is 21.3 Å². The molecule has 0 saturated heterocycles. The molecule has 2 nitrogen and oxygen atoms in total. The summed E-state index contributed by atoms with van der Waals surface area (Å²) >= 11 is 3.49. The number of nitrogens with one attached hydrogen (secondary N) is 1. The van der Waals surface area contributed by atoms with E-state index in [1.165, 1.54) is 5.56 Å². The summed E-state index contributed by atoms with van der Waals surface area (Å²) in [5, 5.41) is 3.49. The molecule has 2 aromatic carbocycles. The maximum Gasteiger partial charge on any atom is 0.119 e. The van der Waals surface area contributed by atoms with E-state index in [4.69, 9.17) is 4.74 Å². The molecule has 2 rings (SSSR count). The predicted molar refractivity (Wildman–Crippen MR) is 88.4 cm³/mol. The first-order valence-electron chi connectivity index (χ1n) is 6.94. The molecule has 0 fully saturated rings. The molecule has 0 heterocycles. The van der Waals surface area contributed by atoms with Crippen LogP contribution in [0.4, 0.5) is 5.69 Å². The van der Waals surface area contributed by atoms with Gasteiger partial charge in [0.05, 0.1) is 6.61 Å². The van der Waals surface area contributed by atoms with Crippen LogP contribution < -0.4 is 10.1 Å². The van der Waals surface area contributed by atoms with E-state index in [9.17, 15) is 0 Å².